The first kappa shape index (κ1) is 22.3. The number of rotatable bonds is 8. The summed E-state index contributed by atoms with van der Waals surface area (Å²) in [5.41, 5.74) is 0. The zero-order valence-electron chi connectivity index (χ0n) is 19.8. The summed E-state index contributed by atoms with van der Waals surface area (Å²) in [6, 6.07) is 17.5. The van der Waals surface area contributed by atoms with Crippen LogP contribution >= 0.6 is 0 Å². The predicted octanol–water partition coefficient (Wildman–Crippen LogP) is 3.23. The first-order valence-corrected chi connectivity index (χ1v) is 16.5. The SMILES string of the molecule is O=S(=O)(CCC1[C@@H]2C3C4[C@H]1[C@H]1O[C@@H]1[C@H]4C(CCS(=O)(=O)c1ccccc1)[C@H]3[C@H]1O[C@H]21)c1ccccc1. The molecule has 6 fully saturated rings. The van der Waals surface area contributed by atoms with Crippen molar-refractivity contribution in [3.05, 3.63) is 60.7 Å². The van der Waals surface area contributed by atoms with E-state index in [0.717, 1.165) is 0 Å². The van der Waals surface area contributed by atoms with Gasteiger partial charge in [-0.25, -0.2) is 16.8 Å². The second-order valence-corrected chi connectivity index (χ2v) is 16.0. The Morgan fingerprint density at radius 3 is 1.17 bits per heavy atom. The molecule has 2 unspecified atom stereocenters. The smallest absolute Gasteiger partial charge is 0.178 e. The molecule has 2 aromatic rings. The van der Waals surface area contributed by atoms with Crippen LogP contribution in [0, 0.1) is 47.3 Å². The number of benzene rings is 2. The van der Waals surface area contributed by atoms with Crippen LogP contribution in [-0.4, -0.2) is 52.8 Å². The monoisotopic (exact) mass is 526 g/mol. The van der Waals surface area contributed by atoms with E-state index in [1.807, 2.05) is 12.1 Å². The van der Waals surface area contributed by atoms with E-state index in [-0.39, 0.29) is 35.9 Å². The molecule has 6 aliphatic rings. The highest BCUT2D eigenvalue weighted by molar-refractivity contribution is 7.91. The van der Waals surface area contributed by atoms with Gasteiger partial charge >= 0.3 is 0 Å². The maximum absolute atomic E-state index is 13.1. The van der Waals surface area contributed by atoms with Gasteiger partial charge in [-0.2, -0.15) is 0 Å². The van der Waals surface area contributed by atoms with Crippen molar-refractivity contribution in [2.75, 3.05) is 11.5 Å². The largest absolute Gasteiger partial charge is 0.369 e. The third-order valence-corrected chi connectivity index (χ3v) is 14.0. The van der Waals surface area contributed by atoms with Crippen molar-refractivity contribution in [2.24, 2.45) is 47.3 Å². The van der Waals surface area contributed by atoms with Crippen molar-refractivity contribution < 1.29 is 26.3 Å². The number of ether oxygens (including phenoxy) is 2. The van der Waals surface area contributed by atoms with Crippen LogP contribution < -0.4 is 0 Å². The highest BCUT2D eigenvalue weighted by Gasteiger charge is 2.83. The Morgan fingerprint density at radius 1 is 0.500 bits per heavy atom. The third kappa shape index (κ3) is 3.01. The number of fused-ring (bicyclic) bond motifs is 6. The molecule has 36 heavy (non-hydrogen) atoms. The lowest BCUT2D eigenvalue weighted by Gasteiger charge is -2.28. The molecule has 2 heterocycles. The summed E-state index contributed by atoms with van der Waals surface area (Å²) in [7, 11) is -6.65. The van der Waals surface area contributed by atoms with Gasteiger partial charge in [0.15, 0.2) is 19.7 Å². The molecule has 0 amide bonds. The Bertz CT molecular complexity index is 1270. The van der Waals surface area contributed by atoms with Crippen LogP contribution in [0.2, 0.25) is 0 Å². The van der Waals surface area contributed by atoms with E-state index in [1.165, 1.54) is 0 Å². The highest BCUT2D eigenvalue weighted by Crippen LogP contribution is 2.79. The molecular weight excluding hydrogens is 496 g/mol. The van der Waals surface area contributed by atoms with Gasteiger partial charge in [0.2, 0.25) is 0 Å². The van der Waals surface area contributed by atoms with Gasteiger partial charge in [-0.1, -0.05) is 36.4 Å². The molecule has 190 valence electrons. The second-order valence-electron chi connectivity index (χ2n) is 11.8. The molecule has 10 atom stereocenters. The molecule has 0 radical (unpaired) electrons. The summed E-state index contributed by atoms with van der Waals surface area (Å²) in [6.45, 7) is 0. The highest BCUT2D eigenvalue weighted by atomic mass is 32.2. The standard InChI is InChI=1S/C28H30O6S2/c29-35(30,15-7-3-1-4-8-15)13-11-17-19-23-21(27-25(19)33-27)18(22-24(23)20(17)26-28(22)34-26)12-14-36(31,32)16-9-5-2-6-10-16/h1-10,17-28H,11-14H2/t17?,18?,19-,20+,21-,22+,23?,24?,25-,26-,27-,28-/m1/s1. The van der Waals surface area contributed by atoms with Crippen LogP contribution in [0.1, 0.15) is 12.8 Å². The van der Waals surface area contributed by atoms with Crippen molar-refractivity contribution in [3.8, 4) is 0 Å². The maximum atomic E-state index is 13.1. The lowest BCUT2D eigenvalue weighted by molar-refractivity contribution is 0.106. The first-order valence-electron chi connectivity index (χ1n) is 13.2. The van der Waals surface area contributed by atoms with E-state index in [1.54, 1.807) is 48.5 Å². The Kier molecular flexibility index (Phi) is 4.59. The second kappa shape index (κ2) is 7.43. The van der Waals surface area contributed by atoms with Crippen LogP contribution in [-0.2, 0) is 29.1 Å². The minimum absolute atomic E-state index is 0.164. The summed E-state index contributed by atoms with van der Waals surface area (Å²) < 4.78 is 64.7. The average Bonchev–Trinajstić information content (AvgIpc) is 3.71. The molecular formula is C28H30O6S2. The van der Waals surface area contributed by atoms with Gasteiger partial charge in [-0.3, -0.25) is 0 Å². The Morgan fingerprint density at radius 2 is 0.833 bits per heavy atom. The number of hydrogen-bond acceptors (Lipinski definition) is 6. The summed E-state index contributed by atoms with van der Waals surface area (Å²) in [4.78, 5) is 0.801. The van der Waals surface area contributed by atoms with Gasteiger partial charge in [0.1, 0.15) is 0 Å². The Labute approximate surface area is 212 Å². The molecule has 4 aliphatic carbocycles. The van der Waals surface area contributed by atoms with Gasteiger partial charge in [0.25, 0.3) is 0 Å². The Hall–Kier alpha value is -1.74. The van der Waals surface area contributed by atoms with Crippen molar-refractivity contribution >= 4 is 19.7 Å². The van der Waals surface area contributed by atoms with Crippen LogP contribution in [0.5, 0.6) is 0 Å². The van der Waals surface area contributed by atoms with Crippen LogP contribution in [0.3, 0.4) is 0 Å². The van der Waals surface area contributed by atoms with E-state index in [9.17, 15) is 16.8 Å². The lowest BCUT2D eigenvalue weighted by atomic mass is 9.81. The van der Waals surface area contributed by atoms with Gasteiger partial charge in [0.05, 0.1) is 45.7 Å². The number of hydrogen-bond donors (Lipinski definition) is 0. The molecule has 2 aromatic carbocycles. The van der Waals surface area contributed by atoms with Gasteiger partial charge in [0, 0.05) is 0 Å². The molecule has 0 spiro atoms. The summed E-state index contributed by atoms with van der Waals surface area (Å²) >= 11 is 0. The molecule has 2 saturated heterocycles. The fourth-order valence-corrected chi connectivity index (χ4v) is 12.2. The van der Waals surface area contributed by atoms with Crippen molar-refractivity contribution in [3.63, 3.8) is 0 Å². The van der Waals surface area contributed by atoms with Crippen molar-refractivity contribution in [1.82, 2.24) is 0 Å². The zero-order valence-corrected chi connectivity index (χ0v) is 21.4. The fraction of sp³-hybridized carbons (Fsp3) is 0.571. The van der Waals surface area contributed by atoms with Gasteiger partial charge < -0.3 is 9.47 Å². The minimum Gasteiger partial charge on any atom is -0.369 e. The molecule has 8 heteroatoms. The van der Waals surface area contributed by atoms with Gasteiger partial charge in [-0.05, 0) is 84.5 Å². The van der Waals surface area contributed by atoms with Crippen LogP contribution in [0.15, 0.2) is 70.5 Å². The van der Waals surface area contributed by atoms with E-state index in [0.29, 0.717) is 70.0 Å². The molecule has 0 bridgehead atoms. The lowest BCUT2D eigenvalue weighted by Crippen LogP contribution is -2.28. The zero-order chi connectivity index (χ0) is 24.4. The van der Waals surface area contributed by atoms with E-state index >= 15 is 0 Å². The fourth-order valence-electron chi connectivity index (χ4n) is 9.40. The average molecular weight is 527 g/mol. The predicted molar refractivity (Wildman–Crippen MR) is 131 cm³/mol. The number of epoxide rings is 2. The third-order valence-electron chi connectivity index (χ3n) is 10.5. The molecule has 2 aliphatic heterocycles. The molecule has 0 aromatic heterocycles. The Balaban J connectivity index is 1.04. The van der Waals surface area contributed by atoms with E-state index in [4.69, 9.17) is 9.47 Å². The van der Waals surface area contributed by atoms with Gasteiger partial charge in [-0.15, -0.1) is 0 Å². The molecule has 0 N–H and O–H groups in total. The maximum Gasteiger partial charge on any atom is 0.178 e. The molecule has 8 rings (SSSR count). The summed E-state index contributed by atoms with van der Waals surface area (Å²) in [5.74, 6) is 3.60. The van der Waals surface area contributed by atoms with Crippen molar-refractivity contribution in [1.29, 1.82) is 0 Å². The normalized spacial score (nSPS) is 44.8. The van der Waals surface area contributed by atoms with E-state index < -0.39 is 19.7 Å². The summed E-state index contributed by atoms with van der Waals surface area (Å²) in [5, 5.41) is 0. The summed E-state index contributed by atoms with van der Waals surface area (Å²) in [6.07, 6.45) is 2.21. The van der Waals surface area contributed by atoms with Crippen LogP contribution in [0.4, 0.5) is 0 Å². The quantitative estimate of drug-likeness (QED) is 0.491. The van der Waals surface area contributed by atoms with Crippen molar-refractivity contribution in [2.45, 2.75) is 47.0 Å². The topological polar surface area (TPSA) is 93.3 Å². The molecule has 4 saturated carbocycles. The minimum atomic E-state index is -3.33. The van der Waals surface area contributed by atoms with E-state index in [2.05, 4.69) is 0 Å². The number of sulfone groups is 2. The first-order chi connectivity index (χ1) is 17.4. The molecule has 6 nitrogen and oxygen atoms in total. The van der Waals surface area contributed by atoms with Crippen LogP contribution in [0.25, 0.3) is 0 Å².